The molecule has 0 aromatic heterocycles. The van der Waals surface area contributed by atoms with Gasteiger partial charge in [-0.1, -0.05) is 23.2 Å². The Hall–Kier alpha value is -2.23. The fraction of sp³-hybridized carbons (Fsp3) is 0.105. The van der Waals surface area contributed by atoms with Gasteiger partial charge in [-0.05, 0) is 59.7 Å². The first kappa shape index (κ1) is 18.1. The van der Waals surface area contributed by atoms with Crippen LogP contribution >= 0.6 is 23.2 Å². The molecule has 2 aromatic carbocycles. The molecule has 0 aliphatic rings. The molecule has 0 bridgehead atoms. The Morgan fingerprint density at radius 2 is 1.08 bits per heavy atom. The van der Waals surface area contributed by atoms with Crippen LogP contribution in [0.15, 0.2) is 60.7 Å². The van der Waals surface area contributed by atoms with Crippen molar-refractivity contribution in [2.45, 2.75) is 0 Å². The number of halogens is 2. The number of rotatable bonds is 6. The highest BCUT2D eigenvalue weighted by molar-refractivity contribution is 6.52. The van der Waals surface area contributed by atoms with Crippen molar-refractivity contribution in [3.63, 3.8) is 0 Å². The molecule has 0 saturated carbocycles. The first-order valence-corrected chi connectivity index (χ1v) is 7.86. The van der Waals surface area contributed by atoms with Gasteiger partial charge in [-0.3, -0.25) is 4.79 Å². The van der Waals surface area contributed by atoms with E-state index < -0.39 is 0 Å². The number of hydrogen-bond donors (Lipinski definition) is 0. The van der Waals surface area contributed by atoms with Crippen LogP contribution < -0.4 is 9.47 Å². The normalized spacial score (nSPS) is 12.0. The van der Waals surface area contributed by atoms with E-state index >= 15 is 0 Å². The molecule has 0 atom stereocenters. The topological polar surface area (TPSA) is 35.5 Å². The number of allylic oxidation sites excluding steroid dienone is 2. The van der Waals surface area contributed by atoms with Crippen molar-refractivity contribution >= 4 is 39.0 Å². The maximum atomic E-state index is 12.1. The summed E-state index contributed by atoms with van der Waals surface area (Å²) in [4.78, 5) is 12.1. The van der Waals surface area contributed by atoms with Crippen molar-refractivity contribution in [3.05, 3.63) is 71.8 Å². The van der Waals surface area contributed by atoms with E-state index in [0.29, 0.717) is 10.1 Å². The van der Waals surface area contributed by atoms with Crippen LogP contribution in [0.3, 0.4) is 0 Å². The van der Waals surface area contributed by atoms with Gasteiger partial charge in [0.15, 0.2) is 5.78 Å². The van der Waals surface area contributed by atoms with Gasteiger partial charge in [-0.25, -0.2) is 0 Å². The van der Waals surface area contributed by atoms with Gasteiger partial charge < -0.3 is 9.47 Å². The third-order valence-electron chi connectivity index (χ3n) is 3.27. The molecule has 0 amide bonds. The Labute approximate surface area is 151 Å². The van der Waals surface area contributed by atoms with Gasteiger partial charge in [-0.15, -0.1) is 0 Å². The van der Waals surface area contributed by atoms with Crippen LogP contribution in [0.4, 0.5) is 0 Å². The van der Waals surface area contributed by atoms with Gasteiger partial charge in [0.05, 0.1) is 24.3 Å². The SMILES string of the molecule is COc1ccc(C(Cl)=CC(=O)C=C(Cl)c2ccc(OC)cc2)cc1. The number of benzene rings is 2. The predicted molar refractivity (Wildman–Crippen MR) is 98.7 cm³/mol. The molecule has 0 heterocycles. The highest BCUT2D eigenvalue weighted by Gasteiger charge is 2.05. The minimum Gasteiger partial charge on any atom is -0.497 e. The molecule has 0 fully saturated rings. The van der Waals surface area contributed by atoms with Crippen LogP contribution in [0.1, 0.15) is 11.1 Å². The van der Waals surface area contributed by atoms with E-state index in [1.165, 1.54) is 12.2 Å². The van der Waals surface area contributed by atoms with E-state index in [4.69, 9.17) is 32.7 Å². The van der Waals surface area contributed by atoms with Gasteiger partial charge in [0, 0.05) is 12.2 Å². The second-order valence-electron chi connectivity index (χ2n) is 4.84. The average Bonchev–Trinajstić information content (AvgIpc) is 2.61. The van der Waals surface area contributed by atoms with Crippen LogP contribution in [0.5, 0.6) is 11.5 Å². The molecule has 2 rings (SSSR count). The van der Waals surface area contributed by atoms with Crippen LogP contribution in [0.2, 0.25) is 0 Å². The molecule has 0 radical (unpaired) electrons. The average molecular weight is 363 g/mol. The summed E-state index contributed by atoms with van der Waals surface area (Å²) in [5, 5.41) is 0.663. The highest BCUT2D eigenvalue weighted by Crippen LogP contribution is 2.24. The zero-order valence-electron chi connectivity index (χ0n) is 13.3. The lowest BCUT2D eigenvalue weighted by Gasteiger charge is -2.03. The van der Waals surface area contributed by atoms with Crippen molar-refractivity contribution < 1.29 is 14.3 Å². The van der Waals surface area contributed by atoms with E-state index in [0.717, 1.165) is 22.6 Å². The molecular formula is C19H16Cl2O3. The summed E-state index contributed by atoms with van der Waals surface area (Å²) in [5.74, 6) is 1.14. The minimum absolute atomic E-state index is 0.295. The van der Waals surface area contributed by atoms with Crippen molar-refractivity contribution in [2.75, 3.05) is 14.2 Å². The Kier molecular flexibility index (Phi) is 6.47. The van der Waals surface area contributed by atoms with Gasteiger partial charge in [0.25, 0.3) is 0 Å². The van der Waals surface area contributed by atoms with Crippen molar-refractivity contribution in [3.8, 4) is 11.5 Å². The van der Waals surface area contributed by atoms with E-state index in [-0.39, 0.29) is 5.78 Å². The molecule has 0 unspecified atom stereocenters. The monoisotopic (exact) mass is 362 g/mol. The second-order valence-corrected chi connectivity index (χ2v) is 5.66. The standard InChI is InChI=1S/C19H16Cl2O3/c1-23-16-7-3-13(4-8-16)18(20)11-15(22)12-19(21)14-5-9-17(24-2)10-6-14/h3-12H,1-2H3. The summed E-state index contributed by atoms with van der Waals surface area (Å²) < 4.78 is 10.2. The highest BCUT2D eigenvalue weighted by atomic mass is 35.5. The Morgan fingerprint density at radius 3 is 1.38 bits per heavy atom. The zero-order chi connectivity index (χ0) is 17.5. The molecular weight excluding hydrogens is 347 g/mol. The molecule has 0 spiro atoms. The quantitative estimate of drug-likeness (QED) is 0.668. The Balaban J connectivity index is 2.14. The van der Waals surface area contributed by atoms with Crippen LogP contribution in [0.25, 0.3) is 10.1 Å². The molecule has 0 aliphatic heterocycles. The summed E-state index contributed by atoms with van der Waals surface area (Å²) in [6, 6.07) is 14.2. The van der Waals surface area contributed by atoms with Crippen LogP contribution in [0, 0.1) is 0 Å². The molecule has 0 N–H and O–H groups in total. The van der Waals surface area contributed by atoms with Crippen LogP contribution in [-0.4, -0.2) is 20.0 Å². The molecule has 24 heavy (non-hydrogen) atoms. The fourth-order valence-corrected chi connectivity index (χ4v) is 2.43. The van der Waals surface area contributed by atoms with E-state index in [9.17, 15) is 4.79 Å². The van der Waals surface area contributed by atoms with Crippen molar-refractivity contribution in [2.24, 2.45) is 0 Å². The third kappa shape index (κ3) is 4.88. The molecule has 5 heteroatoms. The maximum absolute atomic E-state index is 12.1. The van der Waals surface area contributed by atoms with E-state index in [2.05, 4.69) is 0 Å². The van der Waals surface area contributed by atoms with Gasteiger partial charge in [0.2, 0.25) is 0 Å². The molecule has 3 nitrogen and oxygen atoms in total. The summed E-state index contributed by atoms with van der Waals surface area (Å²) >= 11 is 12.4. The van der Waals surface area contributed by atoms with E-state index in [1.54, 1.807) is 62.8 Å². The van der Waals surface area contributed by atoms with Crippen LogP contribution in [-0.2, 0) is 4.79 Å². The molecule has 124 valence electrons. The largest absolute Gasteiger partial charge is 0.497 e. The summed E-state index contributed by atoms with van der Waals surface area (Å²) in [6.45, 7) is 0. The van der Waals surface area contributed by atoms with Crippen molar-refractivity contribution in [1.82, 2.24) is 0 Å². The lowest BCUT2D eigenvalue weighted by atomic mass is 10.1. The zero-order valence-corrected chi connectivity index (χ0v) is 14.8. The number of carbonyl (C=O) groups excluding carboxylic acids is 1. The smallest absolute Gasteiger partial charge is 0.181 e. The fourth-order valence-electron chi connectivity index (χ4n) is 1.96. The first-order valence-electron chi connectivity index (χ1n) is 7.10. The number of carbonyl (C=O) groups is 1. The second kappa shape index (κ2) is 8.57. The Morgan fingerprint density at radius 1 is 0.750 bits per heavy atom. The minimum atomic E-state index is -0.295. The maximum Gasteiger partial charge on any atom is 0.181 e. The molecule has 2 aromatic rings. The number of ketones is 1. The van der Waals surface area contributed by atoms with Gasteiger partial charge >= 0.3 is 0 Å². The summed E-state index contributed by atoms with van der Waals surface area (Å²) in [7, 11) is 3.17. The number of ether oxygens (including phenoxy) is 2. The third-order valence-corrected chi connectivity index (χ3v) is 3.92. The molecule has 0 aliphatic carbocycles. The first-order chi connectivity index (χ1) is 11.5. The molecule has 0 saturated heterocycles. The lowest BCUT2D eigenvalue weighted by molar-refractivity contribution is -0.110. The van der Waals surface area contributed by atoms with Gasteiger partial charge in [0.1, 0.15) is 11.5 Å². The number of methoxy groups -OCH3 is 2. The Bertz CT molecular complexity index is 695. The number of hydrogen-bond acceptors (Lipinski definition) is 3. The lowest BCUT2D eigenvalue weighted by Crippen LogP contribution is -1.90. The predicted octanol–water partition coefficient (Wildman–Crippen LogP) is 5.13. The van der Waals surface area contributed by atoms with Gasteiger partial charge in [-0.2, -0.15) is 0 Å². The summed E-state index contributed by atoms with van der Waals surface area (Å²) in [5.41, 5.74) is 1.44. The summed E-state index contributed by atoms with van der Waals surface area (Å²) in [6.07, 6.45) is 2.66. The van der Waals surface area contributed by atoms with E-state index in [1.807, 2.05) is 0 Å². The van der Waals surface area contributed by atoms with Crippen molar-refractivity contribution in [1.29, 1.82) is 0 Å².